The highest BCUT2D eigenvalue weighted by Gasteiger charge is 2.18. The van der Waals surface area contributed by atoms with Crippen molar-refractivity contribution >= 4 is 24.4 Å². The van der Waals surface area contributed by atoms with Gasteiger partial charge in [-0.2, -0.15) is 10.4 Å². The van der Waals surface area contributed by atoms with Gasteiger partial charge in [0.2, 0.25) is 0 Å². The number of hydrogen-bond donors (Lipinski definition) is 1. The van der Waals surface area contributed by atoms with Crippen molar-refractivity contribution in [2.45, 2.75) is 32.2 Å². The van der Waals surface area contributed by atoms with Crippen LogP contribution in [-0.2, 0) is 6.54 Å². The minimum atomic E-state index is 0.234. The molecule has 7 nitrogen and oxygen atoms in total. The fourth-order valence-corrected chi connectivity index (χ4v) is 3.68. The first-order valence-electron chi connectivity index (χ1n) is 10.2. The molecule has 1 aliphatic rings. The third-order valence-corrected chi connectivity index (χ3v) is 5.30. The van der Waals surface area contributed by atoms with E-state index in [0.717, 1.165) is 42.9 Å². The first kappa shape index (κ1) is 21.2. The van der Waals surface area contributed by atoms with Gasteiger partial charge in [0, 0.05) is 26.9 Å². The Kier molecular flexibility index (Phi) is 7.28. The first-order valence-corrected chi connectivity index (χ1v) is 10.2. The molecule has 2 aromatic carbocycles. The molecule has 0 aromatic heterocycles. The smallest absolute Gasteiger partial charge is 0.132 e. The molecule has 1 heterocycles. The third kappa shape index (κ3) is 5.29. The summed E-state index contributed by atoms with van der Waals surface area (Å²) in [5, 5.41) is 30.6. The Morgan fingerprint density at radius 3 is 2.47 bits per heavy atom. The van der Waals surface area contributed by atoms with Crippen LogP contribution in [-0.4, -0.2) is 43.3 Å². The largest absolute Gasteiger partial charge is 0.508 e. The van der Waals surface area contributed by atoms with Gasteiger partial charge >= 0.3 is 0 Å². The quantitative estimate of drug-likeness (QED) is 0.426. The number of rotatable bonds is 7. The number of benzene rings is 2. The van der Waals surface area contributed by atoms with Crippen molar-refractivity contribution in [2.24, 2.45) is 10.2 Å². The van der Waals surface area contributed by atoms with Gasteiger partial charge in [0.05, 0.1) is 23.5 Å². The first-order chi connectivity index (χ1) is 14.6. The minimum Gasteiger partial charge on any atom is -0.508 e. The minimum absolute atomic E-state index is 0.234. The number of aromatic hydroxyl groups is 1. The SMILES string of the molecule is C=N/N=C\N(C)N(Cc1ccc(O)cc1)c1ccc(C#N)c(N2CCCCCC2)c1. The lowest BCUT2D eigenvalue weighted by atomic mass is 10.1. The highest BCUT2D eigenvalue weighted by Crippen LogP contribution is 2.30. The maximum absolute atomic E-state index is 9.67. The second-order valence-electron chi connectivity index (χ2n) is 7.38. The normalized spacial score (nSPS) is 14.2. The summed E-state index contributed by atoms with van der Waals surface area (Å²) in [6.07, 6.45) is 6.35. The van der Waals surface area contributed by atoms with E-state index in [1.165, 1.54) is 12.8 Å². The predicted octanol–water partition coefficient (Wildman–Crippen LogP) is 4.14. The summed E-state index contributed by atoms with van der Waals surface area (Å²) in [4.78, 5) is 2.33. The highest BCUT2D eigenvalue weighted by atomic mass is 16.3. The van der Waals surface area contributed by atoms with E-state index in [-0.39, 0.29) is 5.75 Å². The van der Waals surface area contributed by atoms with Gasteiger partial charge < -0.3 is 10.0 Å². The summed E-state index contributed by atoms with van der Waals surface area (Å²) in [6, 6.07) is 15.4. The number of hydrazine groups is 1. The topological polar surface area (TPSA) is 78.5 Å². The van der Waals surface area contributed by atoms with Crippen molar-refractivity contribution in [1.29, 1.82) is 5.26 Å². The molecule has 0 bridgehead atoms. The van der Waals surface area contributed by atoms with Gasteiger partial charge in [0.15, 0.2) is 0 Å². The third-order valence-electron chi connectivity index (χ3n) is 5.30. The van der Waals surface area contributed by atoms with Gasteiger partial charge in [0.1, 0.15) is 18.2 Å². The molecule has 1 aliphatic heterocycles. The second kappa shape index (κ2) is 10.3. The van der Waals surface area contributed by atoms with E-state index in [1.54, 1.807) is 18.5 Å². The summed E-state index contributed by atoms with van der Waals surface area (Å²) >= 11 is 0. The molecule has 0 radical (unpaired) electrons. The molecule has 7 heteroatoms. The van der Waals surface area contributed by atoms with Crippen molar-refractivity contribution in [3.63, 3.8) is 0 Å². The van der Waals surface area contributed by atoms with Crippen LogP contribution in [0.3, 0.4) is 0 Å². The molecule has 0 spiro atoms. The average Bonchev–Trinajstić information content (AvgIpc) is 3.06. The molecular weight excluding hydrogens is 376 g/mol. The molecule has 1 fully saturated rings. The van der Waals surface area contributed by atoms with Crippen LogP contribution in [0.2, 0.25) is 0 Å². The van der Waals surface area contributed by atoms with Crippen LogP contribution in [0.1, 0.15) is 36.8 Å². The van der Waals surface area contributed by atoms with Gasteiger partial charge in [-0.15, -0.1) is 5.10 Å². The fourth-order valence-electron chi connectivity index (χ4n) is 3.68. The lowest BCUT2D eigenvalue weighted by molar-refractivity contribution is 0.460. The van der Waals surface area contributed by atoms with Crippen LogP contribution >= 0.6 is 0 Å². The molecule has 30 heavy (non-hydrogen) atoms. The Balaban J connectivity index is 1.97. The van der Waals surface area contributed by atoms with E-state index < -0.39 is 0 Å². The maximum atomic E-state index is 9.67. The second-order valence-corrected chi connectivity index (χ2v) is 7.38. The molecule has 0 saturated carbocycles. The van der Waals surface area contributed by atoms with Crippen LogP contribution in [0.25, 0.3) is 0 Å². The van der Waals surface area contributed by atoms with Gasteiger partial charge in [-0.05, 0) is 48.7 Å². The number of hydrogen-bond acceptors (Lipinski definition) is 6. The number of anilines is 2. The number of phenolic OH excluding ortho intramolecular Hbond substituents is 1. The zero-order chi connectivity index (χ0) is 21.3. The van der Waals surface area contributed by atoms with Crippen molar-refractivity contribution in [3.8, 4) is 11.8 Å². The average molecular weight is 405 g/mol. The zero-order valence-electron chi connectivity index (χ0n) is 17.4. The van der Waals surface area contributed by atoms with E-state index in [0.29, 0.717) is 12.1 Å². The van der Waals surface area contributed by atoms with Crippen LogP contribution < -0.4 is 9.91 Å². The molecule has 1 N–H and O–H groups in total. The van der Waals surface area contributed by atoms with Crippen LogP contribution in [0.5, 0.6) is 5.75 Å². The number of nitrogens with zero attached hydrogens (tertiary/aromatic N) is 6. The standard InChI is InChI=1S/C23H28N6O/c1-25-26-18-27(2)29(17-19-7-11-22(30)12-8-19)21-10-9-20(16-24)23(15-21)28-13-5-3-4-6-14-28/h7-12,15,18,30H,1,3-6,13-14,17H2,2H3/b26-18-. The number of nitriles is 1. The molecule has 0 atom stereocenters. The zero-order valence-corrected chi connectivity index (χ0v) is 17.4. The van der Waals surface area contributed by atoms with Crippen molar-refractivity contribution in [2.75, 3.05) is 30.0 Å². The predicted molar refractivity (Wildman–Crippen MR) is 122 cm³/mol. The molecule has 156 valence electrons. The lowest BCUT2D eigenvalue weighted by Gasteiger charge is -2.33. The van der Waals surface area contributed by atoms with Crippen LogP contribution in [0, 0.1) is 11.3 Å². The Labute approximate surface area is 178 Å². The van der Waals surface area contributed by atoms with E-state index in [9.17, 15) is 10.4 Å². The Morgan fingerprint density at radius 1 is 1.13 bits per heavy atom. The molecule has 0 amide bonds. The van der Waals surface area contributed by atoms with Crippen LogP contribution in [0.4, 0.5) is 11.4 Å². The van der Waals surface area contributed by atoms with E-state index in [2.05, 4.69) is 34.0 Å². The Morgan fingerprint density at radius 2 is 1.83 bits per heavy atom. The highest BCUT2D eigenvalue weighted by molar-refractivity contribution is 5.69. The van der Waals surface area contributed by atoms with E-state index >= 15 is 0 Å². The Bertz CT molecular complexity index is 910. The summed E-state index contributed by atoms with van der Waals surface area (Å²) < 4.78 is 0. The molecular formula is C23H28N6O. The van der Waals surface area contributed by atoms with Crippen molar-refractivity contribution < 1.29 is 5.11 Å². The molecule has 0 aliphatic carbocycles. The Hall–Kier alpha value is -3.53. The van der Waals surface area contributed by atoms with Gasteiger partial charge in [-0.25, -0.2) is 0 Å². The van der Waals surface area contributed by atoms with E-state index in [4.69, 9.17) is 0 Å². The fraction of sp³-hybridized carbons (Fsp3) is 0.348. The van der Waals surface area contributed by atoms with E-state index in [1.807, 2.05) is 41.3 Å². The van der Waals surface area contributed by atoms with Gasteiger partial charge in [0.25, 0.3) is 0 Å². The molecule has 1 saturated heterocycles. The molecule has 3 rings (SSSR count). The summed E-state index contributed by atoms with van der Waals surface area (Å²) in [7, 11) is 1.89. The van der Waals surface area contributed by atoms with Crippen molar-refractivity contribution in [1.82, 2.24) is 5.01 Å². The summed E-state index contributed by atoms with van der Waals surface area (Å²) in [5.41, 5.74) is 3.63. The monoisotopic (exact) mass is 404 g/mol. The summed E-state index contributed by atoms with van der Waals surface area (Å²) in [5.74, 6) is 0.234. The van der Waals surface area contributed by atoms with Crippen LogP contribution in [0.15, 0.2) is 52.7 Å². The van der Waals surface area contributed by atoms with Gasteiger partial charge in [-0.3, -0.25) is 10.0 Å². The maximum Gasteiger partial charge on any atom is 0.132 e. The van der Waals surface area contributed by atoms with Crippen molar-refractivity contribution in [3.05, 3.63) is 53.6 Å². The summed E-state index contributed by atoms with van der Waals surface area (Å²) in [6.45, 7) is 5.89. The number of phenols is 1. The molecule has 0 unspecified atom stereocenters. The lowest BCUT2D eigenvalue weighted by Crippen LogP contribution is -2.38. The molecule has 2 aromatic rings. The van der Waals surface area contributed by atoms with Gasteiger partial charge in [-0.1, -0.05) is 25.0 Å².